The SMILES string of the molecule is CSCC[C@@H](NC(=O)OCC1c2ccccc2-c2ccccc21)C(=O)N1CC(F)(F)C[C@H]1C(=O)O. The van der Waals surface area contributed by atoms with Gasteiger partial charge in [0.05, 0.1) is 6.54 Å². The molecule has 2 aromatic carbocycles. The summed E-state index contributed by atoms with van der Waals surface area (Å²) in [5, 5.41) is 11.8. The number of carbonyl (C=O) groups is 3. The van der Waals surface area contributed by atoms with Crippen LogP contribution in [0.3, 0.4) is 0 Å². The van der Waals surface area contributed by atoms with Crippen LogP contribution in [0, 0.1) is 0 Å². The highest BCUT2D eigenvalue weighted by molar-refractivity contribution is 7.98. The van der Waals surface area contributed by atoms with Crippen molar-refractivity contribution in [3.8, 4) is 11.1 Å². The molecule has 0 saturated carbocycles. The third-order valence-corrected chi connectivity index (χ3v) is 7.03. The second-order valence-corrected chi connectivity index (χ2v) is 9.67. The molecular formula is C25H26F2N2O5S. The molecule has 1 aliphatic heterocycles. The maximum absolute atomic E-state index is 13.9. The molecule has 2 N–H and O–H groups in total. The average molecular weight is 505 g/mol. The topological polar surface area (TPSA) is 95.9 Å². The number of benzene rings is 2. The summed E-state index contributed by atoms with van der Waals surface area (Å²) in [6.07, 6.45) is 0.148. The summed E-state index contributed by atoms with van der Waals surface area (Å²) in [6, 6.07) is 12.9. The van der Waals surface area contributed by atoms with Gasteiger partial charge in [0.1, 0.15) is 18.7 Å². The number of aliphatic carboxylic acids is 1. The molecule has 1 fully saturated rings. The Labute approximate surface area is 205 Å². The summed E-state index contributed by atoms with van der Waals surface area (Å²) in [5.74, 6) is -5.37. The van der Waals surface area contributed by atoms with Crippen LogP contribution < -0.4 is 5.32 Å². The van der Waals surface area contributed by atoms with Crippen molar-refractivity contribution in [3.63, 3.8) is 0 Å². The Bertz CT molecular complexity index is 1080. The molecule has 7 nitrogen and oxygen atoms in total. The number of hydrogen-bond acceptors (Lipinski definition) is 5. The molecule has 0 aromatic heterocycles. The van der Waals surface area contributed by atoms with Gasteiger partial charge < -0.3 is 20.1 Å². The first-order valence-electron chi connectivity index (χ1n) is 11.2. The van der Waals surface area contributed by atoms with Gasteiger partial charge in [0, 0.05) is 12.3 Å². The maximum Gasteiger partial charge on any atom is 0.407 e. The predicted octanol–water partition coefficient (Wildman–Crippen LogP) is 3.97. The van der Waals surface area contributed by atoms with Crippen LogP contribution >= 0.6 is 11.8 Å². The Morgan fingerprint density at radius 1 is 1.14 bits per heavy atom. The van der Waals surface area contributed by atoms with Gasteiger partial charge in [-0.25, -0.2) is 18.4 Å². The number of amides is 2. The average Bonchev–Trinajstić information content (AvgIpc) is 3.34. The van der Waals surface area contributed by atoms with Crippen molar-refractivity contribution >= 4 is 29.7 Å². The van der Waals surface area contributed by atoms with Crippen LogP contribution in [0.4, 0.5) is 13.6 Å². The molecule has 35 heavy (non-hydrogen) atoms. The molecule has 2 atom stereocenters. The lowest BCUT2D eigenvalue weighted by atomic mass is 9.98. The molecule has 0 radical (unpaired) electrons. The number of thioether (sulfide) groups is 1. The minimum absolute atomic E-state index is 0.0306. The second kappa shape index (κ2) is 10.2. The van der Waals surface area contributed by atoms with E-state index < -0.39 is 48.9 Å². The van der Waals surface area contributed by atoms with Crippen LogP contribution in [0.25, 0.3) is 11.1 Å². The standard InChI is InChI=1S/C25H26F2N2O5S/c1-35-11-10-20(22(30)29-14-25(26,27)12-21(29)23(31)32)28-24(33)34-13-19-17-8-4-2-6-15(17)16-7-3-5-9-18(16)19/h2-9,19-21H,10-14H2,1H3,(H,28,33)(H,31,32)/t20-,21+/m1/s1. The molecule has 10 heteroatoms. The number of hydrogen-bond donors (Lipinski definition) is 2. The highest BCUT2D eigenvalue weighted by Crippen LogP contribution is 2.44. The number of nitrogens with one attached hydrogen (secondary N) is 1. The van der Waals surface area contributed by atoms with Gasteiger partial charge in [-0.2, -0.15) is 11.8 Å². The number of fused-ring (bicyclic) bond motifs is 3. The molecule has 0 spiro atoms. The molecule has 4 rings (SSSR count). The summed E-state index contributed by atoms with van der Waals surface area (Å²) >= 11 is 1.41. The molecule has 2 amide bonds. The van der Waals surface area contributed by atoms with E-state index in [1.807, 2.05) is 48.5 Å². The zero-order valence-electron chi connectivity index (χ0n) is 19.1. The molecule has 0 unspecified atom stereocenters. The number of alkyl carbamates (subject to hydrolysis) is 1. The summed E-state index contributed by atoms with van der Waals surface area (Å²) in [4.78, 5) is 37.8. The van der Waals surface area contributed by atoms with E-state index in [4.69, 9.17) is 4.74 Å². The van der Waals surface area contributed by atoms with Crippen LogP contribution in [0.15, 0.2) is 48.5 Å². The van der Waals surface area contributed by atoms with Crippen LogP contribution in [0.5, 0.6) is 0 Å². The summed E-state index contributed by atoms with van der Waals surface area (Å²) < 4.78 is 33.3. The minimum atomic E-state index is -3.30. The first-order valence-corrected chi connectivity index (χ1v) is 12.6. The highest BCUT2D eigenvalue weighted by Gasteiger charge is 2.51. The van der Waals surface area contributed by atoms with Crippen molar-refractivity contribution in [2.75, 3.05) is 25.2 Å². The van der Waals surface area contributed by atoms with Gasteiger partial charge >= 0.3 is 12.1 Å². The zero-order valence-corrected chi connectivity index (χ0v) is 19.9. The molecular weight excluding hydrogens is 478 g/mol. The fraction of sp³-hybridized carbons (Fsp3) is 0.400. The maximum atomic E-state index is 13.9. The van der Waals surface area contributed by atoms with Crippen LogP contribution in [-0.4, -0.2) is 71.1 Å². The Balaban J connectivity index is 1.45. The first kappa shape index (κ1) is 25.0. The number of alkyl halides is 2. The Morgan fingerprint density at radius 3 is 2.31 bits per heavy atom. The number of likely N-dealkylation sites (tertiary alicyclic amines) is 1. The van der Waals surface area contributed by atoms with Gasteiger partial charge in [0.15, 0.2) is 0 Å². The largest absolute Gasteiger partial charge is 0.480 e. The number of halogens is 2. The predicted molar refractivity (Wildman–Crippen MR) is 128 cm³/mol. The third kappa shape index (κ3) is 5.27. The van der Waals surface area contributed by atoms with Crippen LogP contribution in [-0.2, 0) is 14.3 Å². The lowest BCUT2D eigenvalue weighted by Crippen LogP contribution is -2.52. The van der Waals surface area contributed by atoms with E-state index in [2.05, 4.69) is 5.32 Å². The van der Waals surface area contributed by atoms with Crippen molar-refractivity contribution < 1.29 is 33.0 Å². The summed E-state index contributed by atoms with van der Waals surface area (Å²) in [7, 11) is 0. The quantitative estimate of drug-likeness (QED) is 0.565. The molecule has 1 heterocycles. The van der Waals surface area contributed by atoms with Crippen molar-refractivity contribution in [1.29, 1.82) is 0 Å². The molecule has 2 aromatic rings. The molecule has 2 aliphatic rings. The molecule has 1 saturated heterocycles. The van der Waals surface area contributed by atoms with Gasteiger partial charge in [0.2, 0.25) is 5.91 Å². The number of carboxylic acids is 1. The minimum Gasteiger partial charge on any atom is -0.480 e. The second-order valence-electron chi connectivity index (χ2n) is 8.68. The number of ether oxygens (including phenoxy) is 1. The Hall–Kier alpha value is -3.14. The molecule has 0 bridgehead atoms. The monoisotopic (exact) mass is 504 g/mol. The van der Waals surface area contributed by atoms with E-state index >= 15 is 0 Å². The first-order chi connectivity index (χ1) is 16.7. The lowest BCUT2D eigenvalue weighted by molar-refractivity contribution is -0.149. The Kier molecular flexibility index (Phi) is 7.30. The fourth-order valence-electron chi connectivity index (χ4n) is 4.74. The number of carbonyl (C=O) groups excluding carboxylic acids is 2. The van der Waals surface area contributed by atoms with Gasteiger partial charge in [-0.15, -0.1) is 0 Å². The third-order valence-electron chi connectivity index (χ3n) is 6.38. The molecule has 1 aliphatic carbocycles. The van der Waals surface area contributed by atoms with Crippen molar-refractivity contribution in [2.24, 2.45) is 0 Å². The van der Waals surface area contributed by atoms with E-state index in [9.17, 15) is 28.3 Å². The summed E-state index contributed by atoms with van der Waals surface area (Å²) in [6.45, 7) is -0.965. The van der Waals surface area contributed by atoms with E-state index in [1.54, 1.807) is 6.26 Å². The van der Waals surface area contributed by atoms with Gasteiger partial charge in [-0.05, 0) is 40.7 Å². The van der Waals surface area contributed by atoms with E-state index in [0.29, 0.717) is 10.7 Å². The molecule has 186 valence electrons. The number of rotatable bonds is 8. The van der Waals surface area contributed by atoms with Gasteiger partial charge in [-0.3, -0.25) is 4.79 Å². The summed E-state index contributed by atoms with van der Waals surface area (Å²) in [5.41, 5.74) is 4.19. The van der Waals surface area contributed by atoms with Crippen molar-refractivity contribution in [3.05, 3.63) is 59.7 Å². The highest BCUT2D eigenvalue weighted by atomic mass is 32.2. The number of carboxylic acid groups (broad SMARTS) is 1. The van der Waals surface area contributed by atoms with Gasteiger partial charge in [0.25, 0.3) is 5.92 Å². The van der Waals surface area contributed by atoms with E-state index in [1.165, 1.54) is 11.8 Å². The van der Waals surface area contributed by atoms with Gasteiger partial charge in [-0.1, -0.05) is 48.5 Å². The van der Waals surface area contributed by atoms with Crippen molar-refractivity contribution in [1.82, 2.24) is 10.2 Å². The fourth-order valence-corrected chi connectivity index (χ4v) is 5.22. The lowest BCUT2D eigenvalue weighted by Gasteiger charge is -2.27. The van der Waals surface area contributed by atoms with Crippen molar-refractivity contribution in [2.45, 2.75) is 36.8 Å². The van der Waals surface area contributed by atoms with E-state index in [0.717, 1.165) is 22.3 Å². The normalized spacial score (nSPS) is 19.1. The van der Waals surface area contributed by atoms with Crippen LogP contribution in [0.1, 0.15) is 29.9 Å². The zero-order chi connectivity index (χ0) is 25.2. The van der Waals surface area contributed by atoms with Crippen LogP contribution in [0.2, 0.25) is 0 Å². The van der Waals surface area contributed by atoms with E-state index in [-0.39, 0.29) is 18.9 Å². The number of nitrogens with zero attached hydrogens (tertiary/aromatic N) is 1. The smallest absolute Gasteiger partial charge is 0.407 e. The Morgan fingerprint density at radius 2 is 1.74 bits per heavy atom.